The van der Waals surface area contributed by atoms with Crippen molar-refractivity contribution in [2.45, 2.75) is 31.7 Å². The lowest BCUT2D eigenvalue weighted by molar-refractivity contribution is 0.415. The number of benzene rings is 1. The van der Waals surface area contributed by atoms with E-state index in [1.54, 1.807) is 35.2 Å². The van der Waals surface area contributed by atoms with Crippen LogP contribution in [0.3, 0.4) is 0 Å². The molecule has 0 aliphatic carbocycles. The third kappa shape index (κ3) is 2.90. The fourth-order valence-corrected chi connectivity index (χ4v) is 5.91. The van der Waals surface area contributed by atoms with Crippen LogP contribution in [0.1, 0.15) is 31.1 Å². The van der Waals surface area contributed by atoms with E-state index < -0.39 is 0 Å². The van der Waals surface area contributed by atoms with Gasteiger partial charge in [0.2, 0.25) is 0 Å². The number of fused-ring (bicyclic) bond motifs is 2. The maximum atomic E-state index is 14.5. The summed E-state index contributed by atoms with van der Waals surface area (Å²) in [5.74, 6) is 0.195. The number of hydrogen-bond donors (Lipinski definition) is 2. The molecule has 1 aromatic carbocycles. The van der Waals surface area contributed by atoms with Gasteiger partial charge in [-0.15, -0.1) is 22.7 Å². The Balaban J connectivity index is 1.56. The number of nitrogens with zero attached hydrogens (tertiary/aromatic N) is 2. The van der Waals surface area contributed by atoms with E-state index in [9.17, 15) is 4.39 Å². The van der Waals surface area contributed by atoms with Crippen LogP contribution < -0.4 is 10.6 Å². The number of rotatable bonds is 3. The molecule has 1 aliphatic heterocycles. The van der Waals surface area contributed by atoms with Crippen LogP contribution in [0.5, 0.6) is 0 Å². The van der Waals surface area contributed by atoms with Crippen LogP contribution in [0.2, 0.25) is 0 Å². The van der Waals surface area contributed by atoms with E-state index in [2.05, 4.69) is 40.5 Å². The molecule has 3 aromatic heterocycles. The summed E-state index contributed by atoms with van der Waals surface area (Å²) in [6.45, 7) is 5.53. The van der Waals surface area contributed by atoms with E-state index in [0.717, 1.165) is 39.1 Å². The van der Waals surface area contributed by atoms with Gasteiger partial charge < -0.3 is 10.6 Å². The minimum Gasteiger partial charge on any atom is -0.352 e. The van der Waals surface area contributed by atoms with Crippen LogP contribution in [0.4, 0.5) is 15.8 Å². The van der Waals surface area contributed by atoms with Crippen molar-refractivity contribution >= 4 is 54.5 Å². The standard InChI is InChI=1S/C20H19FN4S2/c1-20(2)12(3-6-24-20)17-7-11-14(4-5-22-19(11)27-17)25-15-9-16-18(8-13(15)21)26-10-23-16/h4-5,7-10,12,24H,3,6H2,1-2H3,(H,22,25). The van der Waals surface area contributed by atoms with Crippen molar-refractivity contribution in [1.29, 1.82) is 0 Å². The van der Waals surface area contributed by atoms with Crippen LogP contribution in [0, 0.1) is 5.82 Å². The van der Waals surface area contributed by atoms with Gasteiger partial charge >= 0.3 is 0 Å². The third-order valence-corrected chi connectivity index (χ3v) is 7.32. The van der Waals surface area contributed by atoms with Gasteiger partial charge in [-0.3, -0.25) is 0 Å². The van der Waals surface area contributed by atoms with Gasteiger partial charge in [0.15, 0.2) is 0 Å². The average Bonchev–Trinajstić information content (AvgIpc) is 3.32. The molecule has 0 spiro atoms. The number of thiazole rings is 1. The predicted octanol–water partition coefficient (Wildman–Crippen LogP) is 5.64. The molecule has 4 heterocycles. The van der Waals surface area contributed by atoms with Crippen LogP contribution in [-0.4, -0.2) is 22.1 Å². The molecule has 7 heteroatoms. The second kappa shape index (κ2) is 6.22. The molecular weight excluding hydrogens is 379 g/mol. The minimum atomic E-state index is -0.270. The smallest absolute Gasteiger partial charge is 0.148 e. The molecule has 4 nitrogen and oxygen atoms in total. The van der Waals surface area contributed by atoms with Gasteiger partial charge in [0.1, 0.15) is 10.6 Å². The number of anilines is 2. The first-order valence-electron chi connectivity index (χ1n) is 8.94. The molecule has 138 valence electrons. The van der Waals surface area contributed by atoms with E-state index in [0.29, 0.717) is 11.6 Å². The minimum absolute atomic E-state index is 0.0796. The third-order valence-electron chi connectivity index (χ3n) is 5.37. The van der Waals surface area contributed by atoms with Crippen LogP contribution >= 0.6 is 22.7 Å². The molecule has 0 bridgehead atoms. The molecule has 1 saturated heterocycles. The molecule has 0 saturated carbocycles. The van der Waals surface area contributed by atoms with E-state index in [-0.39, 0.29) is 11.4 Å². The highest BCUT2D eigenvalue weighted by Gasteiger charge is 2.36. The van der Waals surface area contributed by atoms with E-state index in [4.69, 9.17) is 0 Å². The molecule has 27 heavy (non-hydrogen) atoms. The summed E-state index contributed by atoms with van der Waals surface area (Å²) in [6, 6.07) is 7.43. The van der Waals surface area contributed by atoms with Gasteiger partial charge in [-0.05, 0) is 51.1 Å². The molecular formula is C20H19FN4S2. The highest BCUT2D eigenvalue weighted by Crippen LogP contribution is 2.42. The zero-order chi connectivity index (χ0) is 18.6. The van der Waals surface area contributed by atoms with E-state index in [1.807, 2.05) is 6.07 Å². The quantitative estimate of drug-likeness (QED) is 0.469. The number of thiophene rings is 1. The largest absolute Gasteiger partial charge is 0.352 e. The van der Waals surface area contributed by atoms with Crippen molar-refractivity contribution < 1.29 is 4.39 Å². The van der Waals surface area contributed by atoms with Crippen molar-refractivity contribution in [3.05, 3.63) is 46.7 Å². The number of pyridine rings is 1. The van der Waals surface area contributed by atoms with Gasteiger partial charge in [-0.2, -0.15) is 0 Å². The van der Waals surface area contributed by atoms with Gasteiger partial charge in [-0.1, -0.05) is 0 Å². The monoisotopic (exact) mass is 398 g/mol. The Bertz CT molecular complexity index is 1150. The fraction of sp³-hybridized carbons (Fsp3) is 0.300. The van der Waals surface area contributed by atoms with Crippen LogP contribution in [0.15, 0.2) is 36.0 Å². The zero-order valence-electron chi connectivity index (χ0n) is 15.0. The first-order chi connectivity index (χ1) is 13.0. The zero-order valence-corrected chi connectivity index (χ0v) is 16.7. The highest BCUT2D eigenvalue weighted by atomic mass is 32.1. The molecule has 0 radical (unpaired) electrons. The summed E-state index contributed by atoms with van der Waals surface area (Å²) in [6.07, 6.45) is 2.90. The SMILES string of the molecule is CC1(C)NCCC1c1cc2c(Nc3cc4ncsc4cc3F)ccnc2s1. The number of nitrogens with one attached hydrogen (secondary N) is 2. The van der Waals surface area contributed by atoms with Crippen molar-refractivity contribution in [3.8, 4) is 0 Å². The molecule has 1 unspecified atom stereocenters. The van der Waals surface area contributed by atoms with Crippen molar-refractivity contribution in [3.63, 3.8) is 0 Å². The van der Waals surface area contributed by atoms with Gasteiger partial charge in [0.05, 0.1) is 27.1 Å². The number of halogens is 1. The molecule has 2 N–H and O–H groups in total. The predicted molar refractivity (Wildman–Crippen MR) is 112 cm³/mol. The maximum Gasteiger partial charge on any atom is 0.148 e. The number of aromatic nitrogens is 2. The van der Waals surface area contributed by atoms with Gasteiger partial charge in [-0.25, -0.2) is 14.4 Å². The fourth-order valence-electron chi connectivity index (χ4n) is 3.88. The second-order valence-electron chi connectivity index (χ2n) is 7.49. The van der Waals surface area contributed by atoms with E-state index in [1.165, 1.54) is 16.2 Å². The normalized spacial score (nSPS) is 19.1. The summed E-state index contributed by atoms with van der Waals surface area (Å²) in [4.78, 5) is 11.1. The van der Waals surface area contributed by atoms with Crippen molar-refractivity contribution in [2.75, 3.05) is 11.9 Å². The Morgan fingerprint density at radius 1 is 1.22 bits per heavy atom. The summed E-state index contributed by atoms with van der Waals surface area (Å²) in [5.41, 5.74) is 3.94. The number of hydrogen-bond acceptors (Lipinski definition) is 6. The first-order valence-corrected chi connectivity index (χ1v) is 10.6. The van der Waals surface area contributed by atoms with Gasteiger partial charge in [0.25, 0.3) is 0 Å². The van der Waals surface area contributed by atoms with E-state index >= 15 is 0 Å². The van der Waals surface area contributed by atoms with Crippen molar-refractivity contribution in [1.82, 2.24) is 15.3 Å². The molecule has 1 aliphatic rings. The Kier molecular flexibility index (Phi) is 3.93. The first kappa shape index (κ1) is 17.0. The lowest BCUT2D eigenvalue weighted by atomic mass is 9.88. The molecule has 4 aromatic rings. The lowest BCUT2D eigenvalue weighted by Gasteiger charge is -2.26. The Morgan fingerprint density at radius 3 is 2.93 bits per heavy atom. The average molecular weight is 399 g/mol. The molecule has 1 fully saturated rings. The topological polar surface area (TPSA) is 49.8 Å². The summed E-state index contributed by atoms with van der Waals surface area (Å²) in [7, 11) is 0. The molecule has 0 amide bonds. The van der Waals surface area contributed by atoms with Crippen molar-refractivity contribution in [2.24, 2.45) is 0 Å². The summed E-state index contributed by atoms with van der Waals surface area (Å²) >= 11 is 3.18. The van der Waals surface area contributed by atoms with Crippen LogP contribution in [-0.2, 0) is 0 Å². The van der Waals surface area contributed by atoms with Gasteiger partial charge in [0, 0.05) is 27.9 Å². The second-order valence-corrected chi connectivity index (χ2v) is 9.44. The Labute approximate surface area is 164 Å². The highest BCUT2D eigenvalue weighted by molar-refractivity contribution is 7.18. The molecule has 1 atom stereocenters. The summed E-state index contributed by atoms with van der Waals surface area (Å²) < 4.78 is 15.4. The summed E-state index contributed by atoms with van der Waals surface area (Å²) in [5, 5.41) is 7.88. The maximum absolute atomic E-state index is 14.5. The Hall–Kier alpha value is -2.09. The van der Waals surface area contributed by atoms with Crippen LogP contribution in [0.25, 0.3) is 20.4 Å². The molecule has 5 rings (SSSR count). The lowest BCUT2D eigenvalue weighted by Crippen LogP contribution is -2.36. The Morgan fingerprint density at radius 2 is 2.11 bits per heavy atom.